The molecule has 0 bridgehead atoms. The van der Waals surface area contributed by atoms with Crippen LogP contribution >= 0.6 is 0 Å². The standard InChI is InChI=1S/C17H22N2O4S/c1-13-9-15(23-18-13)10-14-11-19(12-17(14)20)7-8-24(21,22)16-5-3-2-4-6-16/h2-6,9,14,17,20H,7-8,10-12H2,1H3/t14-,17+/m1/s1. The number of aliphatic hydroxyl groups excluding tert-OH is 1. The Morgan fingerprint density at radius 2 is 2.04 bits per heavy atom. The molecule has 2 aromatic rings. The number of aliphatic hydroxyl groups is 1. The Bertz CT molecular complexity index is 773. The second-order valence-corrected chi connectivity index (χ2v) is 8.47. The van der Waals surface area contributed by atoms with Crippen molar-refractivity contribution in [1.82, 2.24) is 10.1 Å². The Hall–Kier alpha value is -1.70. The summed E-state index contributed by atoms with van der Waals surface area (Å²) in [6.07, 6.45) is 0.138. The highest BCUT2D eigenvalue weighted by Gasteiger charge is 2.32. The summed E-state index contributed by atoms with van der Waals surface area (Å²) in [7, 11) is -3.29. The SMILES string of the molecule is Cc1cc(C[C@@H]2CN(CCS(=O)(=O)c3ccccc3)C[C@@H]2O)on1. The van der Waals surface area contributed by atoms with Gasteiger partial charge in [-0.2, -0.15) is 0 Å². The van der Waals surface area contributed by atoms with Crippen molar-refractivity contribution >= 4 is 9.84 Å². The number of β-amino-alcohol motifs (C(OH)–C–C–N with tert-alkyl or cyclic N) is 1. The molecule has 7 heteroatoms. The van der Waals surface area contributed by atoms with Crippen LogP contribution in [-0.4, -0.2) is 55.1 Å². The summed E-state index contributed by atoms with van der Waals surface area (Å²) in [5, 5.41) is 14.1. The Morgan fingerprint density at radius 1 is 1.29 bits per heavy atom. The average Bonchev–Trinajstić information content (AvgIpc) is 3.13. The minimum atomic E-state index is -3.29. The van der Waals surface area contributed by atoms with E-state index in [1.54, 1.807) is 30.3 Å². The molecule has 1 saturated heterocycles. The van der Waals surface area contributed by atoms with E-state index in [9.17, 15) is 13.5 Å². The van der Waals surface area contributed by atoms with Crippen molar-refractivity contribution in [1.29, 1.82) is 0 Å². The first kappa shape index (κ1) is 17.1. The lowest BCUT2D eigenvalue weighted by Gasteiger charge is -2.15. The van der Waals surface area contributed by atoms with Gasteiger partial charge in [-0.05, 0) is 19.1 Å². The second kappa shape index (κ2) is 7.04. The highest BCUT2D eigenvalue weighted by molar-refractivity contribution is 7.91. The first-order valence-corrected chi connectivity index (χ1v) is 9.70. The average molecular weight is 350 g/mol. The predicted octanol–water partition coefficient (Wildman–Crippen LogP) is 1.29. The molecule has 2 atom stereocenters. The van der Waals surface area contributed by atoms with E-state index in [4.69, 9.17) is 4.52 Å². The van der Waals surface area contributed by atoms with Gasteiger partial charge in [0.05, 0.1) is 22.4 Å². The van der Waals surface area contributed by atoms with Crippen LogP contribution in [0.1, 0.15) is 11.5 Å². The lowest BCUT2D eigenvalue weighted by molar-refractivity contribution is 0.138. The normalized spacial score (nSPS) is 22.1. The molecule has 0 amide bonds. The number of rotatable bonds is 6. The van der Waals surface area contributed by atoms with Gasteiger partial charge in [-0.3, -0.25) is 4.90 Å². The third kappa shape index (κ3) is 4.03. The van der Waals surface area contributed by atoms with Crippen molar-refractivity contribution in [2.75, 3.05) is 25.4 Å². The van der Waals surface area contributed by atoms with Crippen molar-refractivity contribution in [2.45, 2.75) is 24.3 Å². The molecular formula is C17H22N2O4S. The maximum absolute atomic E-state index is 12.3. The van der Waals surface area contributed by atoms with Crippen LogP contribution in [0, 0.1) is 12.8 Å². The Balaban J connectivity index is 1.55. The number of nitrogens with zero attached hydrogens (tertiary/aromatic N) is 2. The second-order valence-electron chi connectivity index (χ2n) is 6.36. The number of aromatic nitrogens is 1. The number of sulfone groups is 1. The van der Waals surface area contributed by atoms with Crippen LogP contribution in [0.2, 0.25) is 0 Å². The first-order chi connectivity index (χ1) is 11.4. The highest BCUT2D eigenvalue weighted by atomic mass is 32.2. The summed E-state index contributed by atoms with van der Waals surface area (Å²) in [6.45, 7) is 3.42. The zero-order chi connectivity index (χ0) is 17.2. The van der Waals surface area contributed by atoms with Gasteiger partial charge < -0.3 is 9.63 Å². The fraction of sp³-hybridized carbons (Fsp3) is 0.471. The largest absolute Gasteiger partial charge is 0.391 e. The molecule has 2 heterocycles. The fourth-order valence-electron chi connectivity index (χ4n) is 3.09. The lowest BCUT2D eigenvalue weighted by Crippen LogP contribution is -2.28. The van der Waals surface area contributed by atoms with E-state index in [0.717, 1.165) is 11.5 Å². The zero-order valence-electron chi connectivity index (χ0n) is 13.6. The van der Waals surface area contributed by atoms with Crippen LogP contribution in [0.15, 0.2) is 45.8 Å². The van der Waals surface area contributed by atoms with Crippen molar-refractivity contribution in [2.24, 2.45) is 5.92 Å². The Labute approximate surface area is 142 Å². The number of aryl methyl sites for hydroxylation is 1. The number of hydrogen-bond acceptors (Lipinski definition) is 6. The summed E-state index contributed by atoms with van der Waals surface area (Å²) in [6, 6.07) is 10.3. The number of likely N-dealkylation sites (tertiary alicyclic amines) is 1. The van der Waals surface area contributed by atoms with Gasteiger partial charge >= 0.3 is 0 Å². The smallest absolute Gasteiger partial charge is 0.179 e. The van der Waals surface area contributed by atoms with E-state index in [0.29, 0.717) is 31.0 Å². The van der Waals surface area contributed by atoms with Crippen LogP contribution in [0.25, 0.3) is 0 Å². The van der Waals surface area contributed by atoms with Crippen molar-refractivity contribution in [3.05, 3.63) is 47.9 Å². The molecule has 0 spiro atoms. The van der Waals surface area contributed by atoms with Crippen molar-refractivity contribution in [3.8, 4) is 0 Å². The van der Waals surface area contributed by atoms with E-state index in [1.807, 2.05) is 17.9 Å². The maximum Gasteiger partial charge on any atom is 0.179 e. The monoisotopic (exact) mass is 350 g/mol. The molecule has 1 aliphatic rings. The molecule has 1 aromatic carbocycles. The van der Waals surface area contributed by atoms with Crippen LogP contribution in [0.3, 0.4) is 0 Å². The maximum atomic E-state index is 12.3. The molecule has 0 unspecified atom stereocenters. The van der Waals surface area contributed by atoms with E-state index in [-0.39, 0.29) is 11.7 Å². The van der Waals surface area contributed by atoms with Gasteiger partial charge in [0.2, 0.25) is 0 Å². The van der Waals surface area contributed by atoms with Crippen molar-refractivity contribution in [3.63, 3.8) is 0 Å². The van der Waals surface area contributed by atoms with E-state index < -0.39 is 15.9 Å². The molecule has 0 saturated carbocycles. The molecule has 24 heavy (non-hydrogen) atoms. The molecule has 1 aromatic heterocycles. The minimum Gasteiger partial charge on any atom is -0.391 e. The van der Waals surface area contributed by atoms with Gasteiger partial charge in [-0.15, -0.1) is 0 Å². The van der Waals surface area contributed by atoms with Gasteiger partial charge in [0.1, 0.15) is 5.76 Å². The summed E-state index contributed by atoms with van der Waals surface area (Å²) in [4.78, 5) is 2.34. The molecule has 0 radical (unpaired) electrons. The van der Waals surface area contributed by atoms with Gasteiger partial charge in [0.15, 0.2) is 9.84 Å². The summed E-state index contributed by atoms with van der Waals surface area (Å²) in [5.41, 5.74) is 0.822. The third-order valence-electron chi connectivity index (χ3n) is 4.40. The fourth-order valence-corrected chi connectivity index (χ4v) is 4.40. The molecule has 1 N–H and O–H groups in total. The molecule has 1 fully saturated rings. The Morgan fingerprint density at radius 3 is 2.71 bits per heavy atom. The Kier molecular flexibility index (Phi) is 5.03. The van der Waals surface area contributed by atoms with Crippen molar-refractivity contribution < 1.29 is 18.0 Å². The molecular weight excluding hydrogens is 328 g/mol. The summed E-state index contributed by atoms with van der Waals surface area (Å²) in [5.74, 6) is 0.852. The van der Waals surface area contributed by atoms with Gasteiger partial charge in [0.25, 0.3) is 0 Å². The van der Waals surface area contributed by atoms with E-state index in [2.05, 4.69) is 5.16 Å². The third-order valence-corrected chi connectivity index (χ3v) is 6.11. The number of benzene rings is 1. The topological polar surface area (TPSA) is 83.6 Å². The lowest BCUT2D eigenvalue weighted by atomic mass is 10.0. The minimum absolute atomic E-state index is 0.0387. The quantitative estimate of drug-likeness (QED) is 0.845. The molecule has 0 aliphatic carbocycles. The van der Waals surface area contributed by atoms with E-state index >= 15 is 0 Å². The van der Waals surface area contributed by atoms with E-state index in [1.165, 1.54) is 0 Å². The molecule has 130 valence electrons. The predicted molar refractivity (Wildman–Crippen MR) is 89.4 cm³/mol. The highest BCUT2D eigenvalue weighted by Crippen LogP contribution is 2.22. The first-order valence-electron chi connectivity index (χ1n) is 8.04. The zero-order valence-corrected chi connectivity index (χ0v) is 14.4. The van der Waals surface area contributed by atoms with Crippen LogP contribution < -0.4 is 0 Å². The summed E-state index contributed by atoms with van der Waals surface area (Å²) < 4.78 is 29.9. The molecule has 1 aliphatic heterocycles. The number of hydrogen-bond donors (Lipinski definition) is 1. The summed E-state index contributed by atoms with van der Waals surface area (Å²) >= 11 is 0. The van der Waals surface area contributed by atoms with Crippen LogP contribution in [-0.2, 0) is 16.3 Å². The molecule has 3 rings (SSSR count). The van der Waals surface area contributed by atoms with Gasteiger partial charge in [-0.25, -0.2) is 8.42 Å². The van der Waals surface area contributed by atoms with Crippen LogP contribution in [0.5, 0.6) is 0 Å². The van der Waals surface area contributed by atoms with Crippen LogP contribution in [0.4, 0.5) is 0 Å². The molecule has 6 nitrogen and oxygen atoms in total. The van der Waals surface area contributed by atoms with Gasteiger partial charge in [-0.1, -0.05) is 23.4 Å². The van der Waals surface area contributed by atoms with Gasteiger partial charge in [0, 0.05) is 38.0 Å².